The Labute approximate surface area is 89.1 Å². The van der Waals surface area contributed by atoms with Gasteiger partial charge in [-0.2, -0.15) is 0 Å². The van der Waals surface area contributed by atoms with E-state index in [0.29, 0.717) is 12.2 Å². The number of nitrogens with two attached hydrogens (primary N) is 2. The minimum atomic E-state index is -0.367. The van der Waals surface area contributed by atoms with Crippen LogP contribution in [0.15, 0.2) is 12.3 Å². The van der Waals surface area contributed by atoms with Crippen LogP contribution in [0.1, 0.15) is 12.5 Å². The average Bonchev–Trinajstić information content (AvgIpc) is 2.18. The molecule has 1 rings (SSSR count). The summed E-state index contributed by atoms with van der Waals surface area (Å²) in [6.07, 6.45) is 1.59. The zero-order valence-electron chi connectivity index (χ0n) is 9.03. The summed E-state index contributed by atoms with van der Waals surface area (Å²) in [6, 6.07) is 1.85. The Balaban J connectivity index is 2.92. The normalized spacial score (nSPS) is 10.0. The molecule has 4 N–H and O–H groups in total. The molecule has 15 heavy (non-hydrogen) atoms. The van der Waals surface area contributed by atoms with Crippen LogP contribution in [-0.2, 0) is 4.79 Å². The third kappa shape index (κ3) is 2.83. The second kappa shape index (κ2) is 4.63. The van der Waals surface area contributed by atoms with Crippen molar-refractivity contribution in [1.82, 2.24) is 4.98 Å². The Morgan fingerprint density at radius 2 is 2.27 bits per heavy atom. The summed E-state index contributed by atoms with van der Waals surface area (Å²) in [4.78, 5) is 16.8. The molecule has 0 aliphatic heterocycles. The summed E-state index contributed by atoms with van der Waals surface area (Å²) in [7, 11) is 0. The lowest BCUT2D eigenvalue weighted by atomic mass is 10.2. The highest BCUT2D eigenvalue weighted by molar-refractivity contribution is 5.79. The number of carbonyl (C=O) groups excluding carboxylic acids is 1. The van der Waals surface area contributed by atoms with Crippen LogP contribution in [-0.4, -0.2) is 24.0 Å². The van der Waals surface area contributed by atoms with Crippen LogP contribution in [0.4, 0.5) is 11.5 Å². The topological polar surface area (TPSA) is 85.2 Å². The van der Waals surface area contributed by atoms with Crippen LogP contribution < -0.4 is 16.4 Å². The molecule has 0 unspecified atom stereocenters. The van der Waals surface area contributed by atoms with E-state index in [2.05, 4.69) is 4.98 Å². The summed E-state index contributed by atoms with van der Waals surface area (Å²) >= 11 is 0. The van der Waals surface area contributed by atoms with Gasteiger partial charge in [-0.25, -0.2) is 4.98 Å². The largest absolute Gasteiger partial charge is 0.397 e. The highest BCUT2D eigenvalue weighted by Crippen LogP contribution is 2.16. The number of primary amides is 1. The highest BCUT2D eigenvalue weighted by Gasteiger charge is 2.09. The first-order valence-electron chi connectivity index (χ1n) is 4.80. The molecule has 5 heteroatoms. The Morgan fingerprint density at radius 1 is 1.60 bits per heavy atom. The smallest absolute Gasteiger partial charge is 0.236 e. The second-order valence-electron chi connectivity index (χ2n) is 3.38. The van der Waals surface area contributed by atoms with Crippen LogP contribution in [0.2, 0.25) is 0 Å². The number of anilines is 2. The zero-order chi connectivity index (χ0) is 11.4. The van der Waals surface area contributed by atoms with E-state index in [1.54, 1.807) is 11.1 Å². The molecule has 82 valence electrons. The fourth-order valence-electron chi connectivity index (χ4n) is 1.27. The molecule has 1 heterocycles. The number of nitrogens with zero attached hydrogens (tertiary/aromatic N) is 2. The summed E-state index contributed by atoms with van der Waals surface area (Å²) in [6.45, 7) is 4.70. The summed E-state index contributed by atoms with van der Waals surface area (Å²) in [5.74, 6) is 0.358. The van der Waals surface area contributed by atoms with Gasteiger partial charge in [0.25, 0.3) is 0 Å². The van der Waals surface area contributed by atoms with Gasteiger partial charge in [-0.3, -0.25) is 4.79 Å². The van der Waals surface area contributed by atoms with Gasteiger partial charge in [-0.05, 0) is 25.5 Å². The molecule has 1 amide bonds. The first-order chi connectivity index (χ1) is 7.04. The first-order valence-corrected chi connectivity index (χ1v) is 4.80. The lowest BCUT2D eigenvalue weighted by molar-refractivity contribution is -0.116. The maximum atomic E-state index is 10.8. The molecule has 0 atom stereocenters. The maximum absolute atomic E-state index is 10.8. The van der Waals surface area contributed by atoms with Crippen molar-refractivity contribution in [3.05, 3.63) is 17.8 Å². The zero-order valence-corrected chi connectivity index (χ0v) is 9.03. The van der Waals surface area contributed by atoms with Gasteiger partial charge in [0.2, 0.25) is 5.91 Å². The lowest BCUT2D eigenvalue weighted by Gasteiger charge is -2.20. The van der Waals surface area contributed by atoms with Crippen molar-refractivity contribution in [2.75, 3.05) is 23.7 Å². The fraction of sp³-hybridized carbons (Fsp3) is 0.400. The molecule has 1 aromatic rings. The standard InChI is InChI=1S/C10H16N4O/c1-3-14(6-9(12)15)10-4-7(2)8(11)5-13-10/h4-5H,3,6,11H2,1-2H3,(H2,12,15). The van der Waals surface area contributed by atoms with Crippen molar-refractivity contribution < 1.29 is 4.79 Å². The second-order valence-corrected chi connectivity index (χ2v) is 3.38. The quantitative estimate of drug-likeness (QED) is 0.744. The van der Waals surface area contributed by atoms with E-state index in [1.807, 2.05) is 19.9 Å². The van der Waals surface area contributed by atoms with Gasteiger partial charge in [0.1, 0.15) is 5.82 Å². The minimum Gasteiger partial charge on any atom is -0.397 e. The molecule has 5 nitrogen and oxygen atoms in total. The molecule has 0 aliphatic rings. The van der Waals surface area contributed by atoms with Gasteiger partial charge >= 0.3 is 0 Å². The van der Waals surface area contributed by atoms with Crippen molar-refractivity contribution in [1.29, 1.82) is 0 Å². The predicted molar refractivity (Wildman–Crippen MR) is 60.5 cm³/mol. The molecule has 0 saturated heterocycles. The molecule has 0 radical (unpaired) electrons. The van der Waals surface area contributed by atoms with E-state index in [1.165, 1.54) is 0 Å². The predicted octanol–water partition coefficient (Wildman–Crippen LogP) is 0.284. The summed E-state index contributed by atoms with van der Waals surface area (Å²) < 4.78 is 0. The number of hydrogen-bond donors (Lipinski definition) is 2. The summed E-state index contributed by atoms with van der Waals surface area (Å²) in [5, 5.41) is 0. The molecule has 0 aromatic carbocycles. The van der Waals surface area contributed by atoms with Crippen molar-refractivity contribution in [2.45, 2.75) is 13.8 Å². The van der Waals surface area contributed by atoms with Gasteiger partial charge in [-0.1, -0.05) is 0 Å². The van der Waals surface area contributed by atoms with Crippen molar-refractivity contribution in [3.8, 4) is 0 Å². The number of amides is 1. The number of likely N-dealkylation sites (N-methyl/N-ethyl adjacent to an activating group) is 1. The molecule has 0 saturated carbocycles. The Bertz CT molecular complexity index is 364. The molecule has 0 aliphatic carbocycles. The Hall–Kier alpha value is -1.78. The van der Waals surface area contributed by atoms with Crippen LogP contribution in [0.5, 0.6) is 0 Å². The van der Waals surface area contributed by atoms with Gasteiger partial charge in [-0.15, -0.1) is 0 Å². The Morgan fingerprint density at radius 3 is 2.73 bits per heavy atom. The van der Waals surface area contributed by atoms with E-state index in [9.17, 15) is 4.79 Å². The number of pyridine rings is 1. The van der Waals surface area contributed by atoms with E-state index in [4.69, 9.17) is 11.5 Å². The first kappa shape index (κ1) is 11.3. The van der Waals surface area contributed by atoms with Crippen molar-refractivity contribution in [2.24, 2.45) is 5.73 Å². The van der Waals surface area contributed by atoms with Crippen LogP contribution in [0.25, 0.3) is 0 Å². The van der Waals surface area contributed by atoms with Crippen molar-refractivity contribution in [3.63, 3.8) is 0 Å². The molecule has 0 spiro atoms. The van der Waals surface area contributed by atoms with E-state index < -0.39 is 0 Å². The fourth-order valence-corrected chi connectivity index (χ4v) is 1.27. The monoisotopic (exact) mass is 208 g/mol. The van der Waals surface area contributed by atoms with Gasteiger partial charge in [0.05, 0.1) is 18.4 Å². The van der Waals surface area contributed by atoms with Gasteiger partial charge in [0, 0.05) is 6.54 Å². The third-order valence-corrected chi connectivity index (χ3v) is 2.19. The summed E-state index contributed by atoms with van der Waals surface area (Å²) in [5.41, 5.74) is 12.4. The molecule has 0 bridgehead atoms. The number of rotatable bonds is 4. The van der Waals surface area contributed by atoms with Crippen LogP contribution in [0.3, 0.4) is 0 Å². The van der Waals surface area contributed by atoms with E-state index in [0.717, 1.165) is 11.4 Å². The maximum Gasteiger partial charge on any atom is 0.236 e. The molecular weight excluding hydrogens is 192 g/mol. The van der Waals surface area contributed by atoms with E-state index in [-0.39, 0.29) is 12.5 Å². The average molecular weight is 208 g/mol. The lowest BCUT2D eigenvalue weighted by Crippen LogP contribution is -2.34. The SMILES string of the molecule is CCN(CC(N)=O)c1cc(C)c(N)cn1. The van der Waals surface area contributed by atoms with Crippen molar-refractivity contribution >= 4 is 17.4 Å². The number of carbonyl (C=O) groups is 1. The van der Waals surface area contributed by atoms with Gasteiger partial charge < -0.3 is 16.4 Å². The minimum absolute atomic E-state index is 0.173. The Kier molecular flexibility index (Phi) is 3.49. The number of aromatic nitrogens is 1. The molecule has 0 fully saturated rings. The number of aryl methyl sites for hydroxylation is 1. The highest BCUT2D eigenvalue weighted by atomic mass is 16.1. The third-order valence-electron chi connectivity index (χ3n) is 2.19. The molecular formula is C10H16N4O. The van der Waals surface area contributed by atoms with Gasteiger partial charge in [0.15, 0.2) is 0 Å². The number of nitrogen functional groups attached to an aromatic ring is 1. The van der Waals surface area contributed by atoms with E-state index >= 15 is 0 Å². The van der Waals surface area contributed by atoms with Crippen LogP contribution in [0, 0.1) is 6.92 Å². The van der Waals surface area contributed by atoms with Crippen LogP contribution >= 0.6 is 0 Å². The number of hydrogen-bond acceptors (Lipinski definition) is 4. The molecule has 1 aromatic heterocycles.